The molecule has 1 saturated carbocycles. The van der Waals surface area contributed by atoms with E-state index in [4.69, 9.17) is 22.1 Å². The summed E-state index contributed by atoms with van der Waals surface area (Å²) in [5.41, 5.74) is 5.53. The first-order valence-corrected chi connectivity index (χ1v) is 7.37. The highest BCUT2D eigenvalue weighted by atomic mass is 35.5. The van der Waals surface area contributed by atoms with E-state index in [1.807, 2.05) is 0 Å². The number of nitrogen functional groups attached to an aromatic ring is 1. The maximum atomic E-state index is 12.4. The summed E-state index contributed by atoms with van der Waals surface area (Å²) in [6.45, 7) is 1.35. The van der Waals surface area contributed by atoms with Crippen LogP contribution in [-0.4, -0.2) is 17.6 Å². The van der Waals surface area contributed by atoms with Crippen molar-refractivity contribution in [3.8, 4) is 0 Å². The molecule has 0 unspecified atom stereocenters. The summed E-state index contributed by atoms with van der Waals surface area (Å²) < 4.78 is 5.40. The van der Waals surface area contributed by atoms with Gasteiger partial charge in [-0.25, -0.2) is 0 Å². The number of hydrogen-bond donors (Lipinski definition) is 2. The van der Waals surface area contributed by atoms with E-state index in [9.17, 15) is 9.59 Å². The summed E-state index contributed by atoms with van der Waals surface area (Å²) in [7, 11) is 0. The molecule has 6 heteroatoms. The highest BCUT2D eigenvalue weighted by Gasteiger charge is 2.37. The molecule has 0 spiro atoms. The minimum atomic E-state index is -0.923. The smallest absolute Gasteiger partial charge is 0.304 e. The Morgan fingerprint density at radius 2 is 1.95 bits per heavy atom. The van der Waals surface area contributed by atoms with E-state index in [0.717, 1.165) is 19.3 Å². The lowest BCUT2D eigenvalue weighted by Crippen LogP contribution is -2.52. The largest absolute Gasteiger partial charge is 0.439 e. The molecule has 0 heterocycles. The second kappa shape index (κ2) is 6.35. The van der Waals surface area contributed by atoms with Crippen molar-refractivity contribution in [2.45, 2.75) is 44.8 Å². The molecular weight excluding hydrogens is 292 g/mol. The SMILES string of the molecule is CC(=O)OC1(NC(=O)c2ccc(Cl)cc2N)CCCCC1. The average Bonchev–Trinajstić information content (AvgIpc) is 2.38. The summed E-state index contributed by atoms with van der Waals surface area (Å²) in [6.07, 6.45) is 4.12. The highest BCUT2D eigenvalue weighted by Crippen LogP contribution is 2.30. The van der Waals surface area contributed by atoms with Gasteiger partial charge in [-0.1, -0.05) is 18.0 Å². The Kier molecular flexibility index (Phi) is 4.73. The lowest BCUT2D eigenvalue weighted by atomic mass is 9.91. The van der Waals surface area contributed by atoms with Crippen LogP contribution in [0.1, 0.15) is 49.4 Å². The summed E-state index contributed by atoms with van der Waals surface area (Å²) in [5.74, 6) is -0.756. The molecule has 1 aliphatic rings. The average molecular weight is 311 g/mol. The number of halogens is 1. The highest BCUT2D eigenvalue weighted by molar-refractivity contribution is 6.31. The van der Waals surface area contributed by atoms with Crippen molar-refractivity contribution >= 4 is 29.2 Å². The first-order valence-electron chi connectivity index (χ1n) is 6.99. The van der Waals surface area contributed by atoms with E-state index < -0.39 is 11.7 Å². The van der Waals surface area contributed by atoms with Crippen LogP contribution in [0.15, 0.2) is 18.2 Å². The number of benzene rings is 1. The number of nitrogens with one attached hydrogen (secondary N) is 1. The molecule has 1 fully saturated rings. The number of ether oxygens (including phenoxy) is 1. The lowest BCUT2D eigenvalue weighted by Gasteiger charge is -2.37. The molecular formula is C15H19ClN2O3. The Balaban J connectivity index is 2.19. The van der Waals surface area contributed by atoms with Crippen molar-refractivity contribution in [2.24, 2.45) is 0 Å². The predicted octanol–water partition coefficient (Wildman–Crippen LogP) is 2.88. The second-order valence-electron chi connectivity index (χ2n) is 5.33. The summed E-state index contributed by atoms with van der Waals surface area (Å²) in [6, 6.07) is 4.69. The topological polar surface area (TPSA) is 81.4 Å². The Morgan fingerprint density at radius 1 is 1.29 bits per heavy atom. The van der Waals surface area contributed by atoms with Gasteiger partial charge < -0.3 is 15.8 Å². The molecule has 2 rings (SSSR count). The number of anilines is 1. The number of carbonyl (C=O) groups is 2. The number of rotatable bonds is 3. The molecule has 1 amide bonds. The Labute approximate surface area is 128 Å². The fraction of sp³-hybridized carbons (Fsp3) is 0.467. The number of amides is 1. The molecule has 0 aliphatic heterocycles. The van der Waals surface area contributed by atoms with Gasteiger partial charge in [0.25, 0.3) is 5.91 Å². The minimum Gasteiger partial charge on any atom is -0.439 e. The molecule has 1 aliphatic carbocycles. The van der Waals surface area contributed by atoms with E-state index in [1.165, 1.54) is 13.0 Å². The first-order chi connectivity index (χ1) is 9.92. The normalized spacial score (nSPS) is 17.0. The molecule has 21 heavy (non-hydrogen) atoms. The molecule has 0 bridgehead atoms. The van der Waals surface area contributed by atoms with Crippen molar-refractivity contribution in [1.29, 1.82) is 0 Å². The molecule has 0 atom stereocenters. The fourth-order valence-corrected chi connectivity index (χ4v) is 2.85. The predicted molar refractivity (Wildman–Crippen MR) is 80.9 cm³/mol. The zero-order valence-corrected chi connectivity index (χ0v) is 12.7. The van der Waals surface area contributed by atoms with Gasteiger partial charge in [-0.15, -0.1) is 0 Å². The minimum absolute atomic E-state index is 0.300. The number of nitrogens with two attached hydrogens (primary N) is 1. The van der Waals surface area contributed by atoms with Gasteiger partial charge in [0.05, 0.1) is 5.56 Å². The zero-order chi connectivity index (χ0) is 15.5. The Morgan fingerprint density at radius 3 is 2.52 bits per heavy atom. The third-order valence-electron chi connectivity index (χ3n) is 3.60. The number of carbonyl (C=O) groups excluding carboxylic acids is 2. The fourth-order valence-electron chi connectivity index (χ4n) is 2.67. The van der Waals surface area contributed by atoms with Crippen molar-refractivity contribution in [3.63, 3.8) is 0 Å². The number of hydrogen-bond acceptors (Lipinski definition) is 4. The van der Waals surface area contributed by atoms with E-state index in [-0.39, 0.29) is 5.91 Å². The molecule has 0 radical (unpaired) electrons. The van der Waals surface area contributed by atoms with Crippen LogP contribution >= 0.6 is 11.6 Å². The van der Waals surface area contributed by atoms with Crippen LogP contribution in [0.2, 0.25) is 5.02 Å². The maximum absolute atomic E-state index is 12.4. The lowest BCUT2D eigenvalue weighted by molar-refractivity contribution is -0.163. The van der Waals surface area contributed by atoms with Crippen LogP contribution in [0, 0.1) is 0 Å². The van der Waals surface area contributed by atoms with Crippen molar-refractivity contribution in [1.82, 2.24) is 5.32 Å². The number of esters is 1. The summed E-state index contributed by atoms with van der Waals surface area (Å²) in [4.78, 5) is 23.7. The van der Waals surface area contributed by atoms with Gasteiger partial charge in [0.2, 0.25) is 0 Å². The van der Waals surface area contributed by atoms with Gasteiger partial charge in [0.15, 0.2) is 5.72 Å². The molecule has 0 aromatic heterocycles. The molecule has 5 nitrogen and oxygen atoms in total. The van der Waals surface area contributed by atoms with Gasteiger partial charge >= 0.3 is 5.97 Å². The standard InChI is InChI=1S/C15H19ClN2O3/c1-10(19)21-15(7-3-2-4-8-15)18-14(20)12-6-5-11(16)9-13(12)17/h5-6,9H,2-4,7-8,17H2,1H3,(H,18,20). The quantitative estimate of drug-likeness (QED) is 0.511. The third kappa shape index (κ3) is 3.88. The van der Waals surface area contributed by atoms with Crippen LogP contribution in [0.5, 0.6) is 0 Å². The third-order valence-corrected chi connectivity index (χ3v) is 3.84. The van der Waals surface area contributed by atoms with E-state index in [1.54, 1.807) is 12.1 Å². The molecule has 1 aromatic carbocycles. The van der Waals surface area contributed by atoms with Gasteiger partial charge in [-0.05, 0) is 31.0 Å². The monoisotopic (exact) mass is 310 g/mol. The van der Waals surface area contributed by atoms with Gasteiger partial charge in [0, 0.05) is 30.5 Å². The molecule has 3 N–H and O–H groups in total. The van der Waals surface area contributed by atoms with Gasteiger partial charge in [-0.2, -0.15) is 0 Å². The van der Waals surface area contributed by atoms with E-state index in [2.05, 4.69) is 5.32 Å². The molecule has 0 saturated heterocycles. The van der Waals surface area contributed by atoms with Gasteiger partial charge in [-0.3, -0.25) is 9.59 Å². The van der Waals surface area contributed by atoms with Crippen LogP contribution < -0.4 is 11.1 Å². The summed E-state index contributed by atoms with van der Waals surface area (Å²) >= 11 is 5.83. The van der Waals surface area contributed by atoms with Crippen LogP contribution in [-0.2, 0) is 9.53 Å². The van der Waals surface area contributed by atoms with E-state index >= 15 is 0 Å². The van der Waals surface area contributed by atoms with Crippen LogP contribution in [0.3, 0.4) is 0 Å². The summed E-state index contributed by atoms with van der Waals surface area (Å²) in [5, 5.41) is 3.30. The maximum Gasteiger partial charge on any atom is 0.304 e. The first kappa shape index (κ1) is 15.6. The van der Waals surface area contributed by atoms with Crippen LogP contribution in [0.4, 0.5) is 5.69 Å². The van der Waals surface area contributed by atoms with E-state index in [0.29, 0.717) is 29.1 Å². The van der Waals surface area contributed by atoms with Crippen molar-refractivity contribution < 1.29 is 14.3 Å². The van der Waals surface area contributed by atoms with Crippen LogP contribution in [0.25, 0.3) is 0 Å². The second-order valence-corrected chi connectivity index (χ2v) is 5.77. The van der Waals surface area contributed by atoms with Gasteiger partial charge in [0.1, 0.15) is 0 Å². The molecule has 1 aromatic rings. The Hall–Kier alpha value is -1.75. The zero-order valence-electron chi connectivity index (χ0n) is 11.9. The van der Waals surface area contributed by atoms with Crippen molar-refractivity contribution in [2.75, 3.05) is 5.73 Å². The van der Waals surface area contributed by atoms with Crippen molar-refractivity contribution in [3.05, 3.63) is 28.8 Å². The Bertz CT molecular complexity index is 554. The molecule has 114 valence electrons.